The van der Waals surface area contributed by atoms with Crippen LogP contribution in [0.5, 0.6) is 0 Å². The van der Waals surface area contributed by atoms with Crippen LogP contribution in [-0.2, 0) is 6.18 Å². The molecule has 1 aromatic heterocycles. The minimum absolute atomic E-state index is 0.163. The maximum atomic E-state index is 13.0. The number of nitrogens with zero attached hydrogens (tertiary/aromatic N) is 3. The Balaban J connectivity index is 1.77. The van der Waals surface area contributed by atoms with Crippen LogP contribution in [0.2, 0.25) is 5.02 Å². The third kappa shape index (κ3) is 4.68. The molecule has 3 rings (SSSR count). The van der Waals surface area contributed by atoms with Crippen molar-refractivity contribution in [3.63, 3.8) is 0 Å². The number of rotatable bonds is 3. The van der Waals surface area contributed by atoms with Crippen LogP contribution in [-0.4, -0.2) is 33.9 Å². The third-order valence-corrected chi connectivity index (χ3v) is 4.83. The number of alkyl halides is 3. The van der Waals surface area contributed by atoms with Crippen molar-refractivity contribution < 1.29 is 18.0 Å². The van der Waals surface area contributed by atoms with Gasteiger partial charge in [-0.2, -0.15) is 13.2 Å². The number of anilines is 2. The third-order valence-electron chi connectivity index (χ3n) is 4.50. The smallest absolute Gasteiger partial charge is 0.340 e. The van der Waals surface area contributed by atoms with Gasteiger partial charge >= 0.3 is 6.18 Å². The van der Waals surface area contributed by atoms with E-state index in [4.69, 9.17) is 11.6 Å². The predicted octanol–water partition coefficient (Wildman–Crippen LogP) is 4.76. The van der Waals surface area contributed by atoms with E-state index in [2.05, 4.69) is 22.2 Å². The van der Waals surface area contributed by atoms with Crippen molar-refractivity contribution in [2.75, 3.05) is 18.4 Å². The monoisotopic (exact) mass is 398 g/mol. The van der Waals surface area contributed by atoms with Crippen molar-refractivity contribution in [3.8, 4) is 0 Å². The van der Waals surface area contributed by atoms with Gasteiger partial charge in [0.05, 0.1) is 10.6 Å². The Bertz CT molecular complexity index is 836. The number of benzene rings is 1. The molecule has 1 amide bonds. The first kappa shape index (κ1) is 19.4. The normalized spacial score (nSPS) is 15.7. The van der Waals surface area contributed by atoms with Crippen LogP contribution in [0.4, 0.5) is 24.7 Å². The zero-order valence-electron chi connectivity index (χ0n) is 14.6. The second-order valence-electron chi connectivity index (χ2n) is 6.58. The van der Waals surface area contributed by atoms with E-state index in [1.807, 2.05) is 0 Å². The first-order valence-corrected chi connectivity index (χ1v) is 8.87. The average molecular weight is 399 g/mol. The number of amides is 1. The first-order valence-electron chi connectivity index (χ1n) is 8.49. The second kappa shape index (κ2) is 7.72. The minimum Gasteiger partial charge on any atom is -0.340 e. The molecule has 2 aromatic rings. The van der Waals surface area contributed by atoms with Gasteiger partial charge in [-0.15, -0.1) is 0 Å². The lowest BCUT2D eigenvalue weighted by atomic mass is 9.99. The number of aromatic nitrogens is 2. The molecular weight excluding hydrogens is 381 g/mol. The van der Waals surface area contributed by atoms with Crippen LogP contribution in [0.3, 0.4) is 0 Å². The fraction of sp³-hybridized carbons (Fsp3) is 0.389. The van der Waals surface area contributed by atoms with Gasteiger partial charge in [0.15, 0.2) is 0 Å². The Hall–Kier alpha value is -2.35. The molecule has 144 valence electrons. The molecule has 1 aliphatic heterocycles. The summed E-state index contributed by atoms with van der Waals surface area (Å²) in [5, 5.41) is 2.38. The van der Waals surface area contributed by atoms with E-state index in [1.54, 1.807) is 4.90 Å². The Morgan fingerprint density at radius 3 is 2.59 bits per heavy atom. The molecule has 0 radical (unpaired) electrons. The molecule has 1 saturated heterocycles. The maximum Gasteiger partial charge on any atom is 0.417 e. The number of likely N-dealkylation sites (tertiary alicyclic amines) is 1. The SMILES string of the molecule is CC1CCN(C(=O)c2cc(Nc3ccc(Cl)c(C(F)(F)F)c3)ncn2)CC1. The molecule has 9 heteroatoms. The van der Waals surface area contributed by atoms with E-state index in [0.717, 1.165) is 25.0 Å². The molecule has 1 N–H and O–H groups in total. The summed E-state index contributed by atoms with van der Waals surface area (Å²) in [7, 11) is 0. The van der Waals surface area contributed by atoms with Crippen LogP contribution in [0.25, 0.3) is 0 Å². The zero-order chi connectivity index (χ0) is 19.6. The quantitative estimate of drug-likeness (QED) is 0.809. The van der Waals surface area contributed by atoms with Crippen molar-refractivity contribution in [1.29, 1.82) is 0 Å². The number of halogens is 4. The Morgan fingerprint density at radius 1 is 1.22 bits per heavy atom. The van der Waals surface area contributed by atoms with Crippen LogP contribution in [0, 0.1) is 5.92 Å². The molecule has 1 fully saturated rings. The molecule has 0 atom stereocenters. The van der Waals surface area contributed by atoms with E-state index >= 15 is 0 Å². The summed E-state index contributed by atoms with van der Waals surface area (Å²) < 4.78 is 38.9. The number of nitrogens with one attached hydrogen (secondary N) is 1. The van der Waals surface area contributed by atoms with E-state index in [0.29, 0.717) is 19.0 Å². The summed E-state index contributed by atoms with van der Waals surface area (Å²) in [6, 6.07) is 4.91. The van der Waals surface area contributed by atoms with Gasteiger partial charge in [0.2, 0.25) is 0 Å². The Kier molecular flexibility index (Phi) is 5.55. The fourth-order valence-electron chi connectivity index (χ4n) is 2.88. The molecular formula is C18H18ClF3N4O. The minimum atomic E-state index is -4.56. The van der Waals surface area contributed by atoms with E-state index in [1.165, 1.54) is 18.5 Å². The summed E-state index contributed by atoms with van der Waals surface area (Å²) in [4.78, 5) is 22.3. The van der Waals surface area contributed by atoms with Gasteiger partial charge < -0.3 is 10.2 Å². The van der Waals surface area contributed by atoms with Gasteiger partial charge in [-0.1, -0.05) is 18.5 Å². The number of hydrogen-bond donors (Lipinski definition) is 1. The van der Waals surface area contributed by atoms with Crippen LogP contribution in [0.15, 0.2) is 30.6 Å². The standard InChI is InChI=1S/C18H18ClF3N4O/c1-11-4-6-26(7-5-11)17(27)15-9-16(24-10-23-15)25-12-2-3-14(19)13(8-12)18(20,21)22/h2-3,8-11H,4-7H2,1H3,(H,23,24,25). The fourth-order valence-corrected chi connectivity index (χ4v) is 3.11. The Morgan fingerprint density at radius 2 is 1.93 bits per heavy atom. The molecule has 27 heavy (non-hydrogen) atoms. The molecule has 5 nitrogen and oxygen atoms in total. The lowest BCUT2D eigenvalue weighted by molar-refractivity contribution is -0.137. The van der Waals surface area contributed by atoms with Crippen molar-refractivity contribution >= 4 is 29.0 Å². The highest BCUT2D eigenvalue weighted by Crippen LogP contribution is 2.36. The molecule has 0 spiro atoms. The van der Waals surface area contributed by atoms with E-state index in [9.17, 15) is 18.0 Å². The van der Waals surface area contributed by atoms with Crippen molar-refractivity contribution in [1.82, 2.24) is 14.9 Å². The van der Waals surface area contributed by atoms with Crippen LogP contribution < -0.4 is 5.32 Å². The molecule has 0 unspecified atom stereocenters. The number of piperidine rings is 1. The summed E-state index contributed by atoms with van der Waals surface area (Å²) in [5.41, 5.74) is -0.579. The summed E-state index contributed by atoms with van der Waals surface area (Å²) >= 11 is 5.62. The summed E-state index contributed by atoms with van der Waals surface area (Å²) in [6.07, 6.45) is -1.48. The van der Waals surface area contributed by atoms with Gasteiger partial charge in [0.1, 0.15) is 17.8 Å². The predicted molar refractivity (Wildman–Crippen MR) is 96.1 cm³/mol. The molecule has 0 aliphatic carbocycles. The molecule has 1 aliphatic rings. The van der Waals surface area contributed by atoms with Crippen LogP contribution >= 0.6 is 11.6 Å². The van der Waals surface area contributed by atoms with Crippen molar-refractivity contribution in [3.05, 3.63) is 46.9 Å². The van der Waals surface area contributed by atoms with Gasteiger partial charge in [-0.25, -0.2) is 9.97 Å². The van der Waals surface area contributed by atoms with Crippen LogP contribution in [0.1, 0.15) is 35.8 Å². The van der Waals surface area contributed by atoms with Crippen molar-refractivity contribution in [2.45, 2.75) is 25.9 Å². The zero-order valence-corrected chi connectivity index (χ0v) is 15.3. The summed E-state index contributed by atoms with van der Waals surface area (Å²) in [5.74, 6) is 0.609. The maximum absolute atomic E-state index is 13.0. The molecule has 1 aromatic carbocycles. The number of carbonyl (C=O) groups excluding carboxylic acids is 1. The van der Waals surface area contributed by atoms with Gasteiger partial charge in [0, 0.05) is 24.8 Å². The number of hydrogen-bond acceptors (Lipinski definition) is 4. The molecule has 0 bridgehead atoms. The average Bonchev–Trinajstić information content (AvgIpc) is 2.63. The largest absolute Gasteiger partial charge is 0.417 e. The van der Waals surface area contributed by atoms with Gasteiger partial charge in [-0.3, -0.25) is 4.79 Å². The van der Waals surface area contributed by atoms with Gasteiger partial charge in [0.25, 0.3) is 5.91 Å². The van der Waals surface area contributed by atoms with Gasteiger partial charge in [-0.05, 0) is 37.0 Å². The first-order chi connectivity index (χ1) is 12.7. The van der Waals surface area contributed by atoms with Crippen molar-refractivity contribution in [2.24, 2.45) is 5.92 Å². The van der Waals surface area contributed by atoms with E-state index in [-0.39, 0.29) is 28.1 Å². The molecule has 2 heterocycles. The molecule has 0 saturated carbocycles. The highest BCUT2D eigenvalue weighted by Gasteiger charge is 2.33. The highest BCUT2D eigenvalue weighted by molar-refractivity contribution is 6.31. The summed E-state index contributed by atoms with van der Waals surface area (Å²) in [6.45, 7) is 3.48. The lowest BCUT2D eigenvalue weighted by Gasteiger charge is -2.30. The van der Waals surface area contributed by atoms with E-state index < -0.39 is 11.7 Å². The second-order valence-corrected chi connectivity index (χ2v) is 6.99. The highest BCUT2D eigenvalue weighted by atomic mass is 35.5. The topological polar surface area (TPSA) is 58.1 Å². The number of carbonyl (C=O) groups is 1. The lowest BCUT2D eigenvalue weighted by Crippen LogP contribution is -2.38. The Labute approximate surface area is 159 Å².